The van der Waals surface area contributed by atoms with Crippen LogP contribution >= 0.6 is 0 Å². The van der Waals surface area contributed by atoms with Crippen molar-refractivity contribution in [3.05, 3.63) is 64.7 Å². The van der Waals surface area contributed by atoms with Gasteiger partial charge in [-0.25, -0.2) is 8.78 Å². The van der Waals surface area contributed by atoms with Gasteiger partial charge in [0, 0.05) is 19.0 Å². The Balaban J connectivity index is 1.70. The molecule has 0 N–H and O–H groups in total. The maximum Gasteiger partial charge on any atom is 0.159 e. The van der Waals surface area contributed by atoms with Crippen LogP contribution < -0.4 is 4.74 Å². The van der Waals surface area contributed by atoms with Gasteiger partial charge in [0.05, 0.1) is 13.2 Å². The Morgan fingerprint density at radius 1 is 1.12 bits per heavy atom. The van der Waals surface area contributed by atoms with Gasteiger partial charge in [-0.2, -0.15) is 0 Å². The Hall–Kier alpha value is -2.27. The van der Waals surface area contributed by atoms with Crippen LogP contribution in [0.1, 0.15) is 41.6 Å². The molecule has 2 aliphatic rings. The number of Topliss-reactive ketones (excluding diaryl/α,β-unsaturated/α-hetero) is 1. The van der Waals surface area contributed by atoms with Crippen LogP contribution in [-0.4, -0.2) is 17.8 Å². The average molecular weight is 329 g/mol. The molecule has 2 aliphatic heterocycles. The van der Waals surface area contributed by atoms with Crippen LogP contribution in [0.15, 0.2) is 36.4 Å². The van der Waals surface area contributed by atoms with E-state index in [0.29, 0.717) is 24.9 Å². The second-order valence-corrected chi connectivity index (χ2v) is 6.34. The molecule has 24 heavy (non-hydrogen) atoms. The molecule has 0 radical (unpaired) electrons. The van der Waals surface area contributed by atoms with Crippen molar-refractivity contribution in [1.82, 2.24) is 4.90 Å². The van der Waals surface area contributed by atoms with E-state index < -0.39 is 17.7 Å². The monoisotopic (exact) mass is 329 g/mol. The van der Waals surface area contributed by atoms with Crippen molar-refractivity contribution in [2.24, 2.45) is 0 Å². The highest BCUT2D eigenvalue weighted by Gasteiger charge is 2.46. The zero-order valence-electron chi connectivity index (χ0n) is 13.3. The lowest BCUT2D eigenvalue weighted by Gasteiger charge is -2.34. The number of halogens is 2. The third kappa shape index (κ3) is 2.31. The van der Waals surface area contributed by atoms with Crippen LogP contribution in [0.5, 0.6) is 5.75 Å². The summed E-state index contributed by atoms with van der Waals surface area (Å²) in [5, 5.41) is 0. The number of nitrogens with zero attached hydrogens (tertiary/aromatic N) is 1. The van der Waals surface area contributed by atoms with E-state index >= 15 is 0 Å². The molecule has 2 bridgehead atoms. The van der Waals surface area contributed by atoms with Crippen LogP contribution in [0.3, 0.4) is 0 Å². The fraction of sp³-hybridized carbons (Fsp3) is 0.316. The van der Waals surface area contributed by atoms with Gasteiger partial charge in [-0.05, 0) is 47.4 Å². The van der Waals surface area contributed by atoms with E-state index in [2.05, 4.69) is 4.90 Å². The highest BCUT2D eigenvalue weighted by atomic mass is 19.2. The van der Waals surface area contributed by atoms with E-state index in [9.17, 15) is 13.6 Å². The summed E-state index contributed by atoms with van der Waals surface area (Å²) < 4.78 is 32.5. The van der Waals surface area contributed by atoms with Crippen LogP contribution in [-0.2, 0) is 11.3 Å². The van der Waals surface area contributed by atoms with Gasteiger partial charge < -0.3 is 4.74 Å². The highest BCUT2D eigenvalue weighted by Crippen LogP contribution is 2.50. The van der Waals surface area contributed by atoms with Gasteiger partial charge in [0.2, 0.25) is 0 Å². The van der Waals surface area contributed by atoms with Gasteiger partial charge in [0.15, 0.2) is 17.4 Å². The molecule has 0 aromatic heterocycles. The smallest absolute Gasteiger partial charge is 0.159 e. The molecule has 124 valence electrons. The molecule has 1 saturated heterocycles. The van der Waals surface area contributed by atoms with Gasteiger partial charge in [-0.3, -0.25) is 9.69 Å². The molecule has 1 fully saturated rings. The topological polar surface area (TPSA) is 29.5 Å². The molecule has 0 spiro atoms. The predicted octanol–water partition coefficient (Wildman–Crippen LogP) is 3.93. The minimum absolute atomic E-state index is 0.0418. The van der Waals surface area contributed by atoms with Crippen LogP contribution in [0.25, 0.3) is 0 Å². The van der Waals surface area contributed by atoms with Crippen molar-refractivity contribution in [1.29, 1.82) is 0 Å². The lowest BCUT2D eigenvalue weighted by Crippen LogP contribution is -2.35. The van der Waals surface area contributed by atoms with Gasteiger partial charge in [0.1, 0.15) is 5.75 Å². The van der Waals surface area contributed by atoms with E-state index in [1.807, 2.05) is 24.3 Å². The largest absolute Gasteiger partial charge is 0.497 e. The first kappa shape index (κ1) is 15.3. The Morgan fingerprint density at radius 3 is 2.46 bits per heavy atom. The number of hydrogen-bond acceptors (Lipinski definition) is 3. The normalized spacial score (nSPS) is 22.5. The fourth-order valence-electron chi connectivity index (χ4n) is 3.88. The molecular weight excluding hydrogens is 312 g/mol. The van der Waals surface area contributed by atoms with Crippen molar-refractivity contribution >= 4 is 5.78 Å². The molecule has 2 aromatic rings. The first-order valence-electron chi connectivity index (χ1n) is 7.98. The second-order valence-electron chi connectivity index (χ2n) is 6.34. The van der Waals surface area contributed by atoms with Crippen LogP contribution in [0.2, 0.25) is 0 Å². The average Bonchev–Trinajstić information content (AvgIpc) is 2.78. The summed E-state index contributed by atoms with van der Waals surface area (Å²) in [5.74, 6) is -0.898. The van der Waals surface area contributed by atoms with Crippen LogP contribution in [0.4, 0.5) is 8.78 Å². The SMILES string of the molecule is COc1ccc(CN2C3CCC(=O)C2c2cc(F)c(F)cc23)cc1. The van der Waals surface area contributed by atoms with Crippen molar-refractivity contribution in [2.75, 3.05) is 7.11 Å². The minimum Gasteiger partial charge on any atom is -0.497 e. The molecule has 2 aromatic carbocycles. The van der Waals surface area contributed by atoms with Gasteiger partial charge in [-0.15, -0.1) is 0 Å². The molecule has 2 unspecified atom stereocenters. The van der Waals surface area contributed by atoms with E-state index in [0.717, 1.165) is 16.9 Å². The molecule has 0 saturated carbocycles. The van der Waals surface area contributed by atoms with Crippen molar-refractivity contribution in [3.8, 4) is 5.75 Å². The number of ketones is 1. The number of hydrogen-bond donors (Lipinski definition) is 0. The first-order valence-corrected chi connectivity index (χ1v) is 7.98. The Labute approximate surface area is 138 Å². The standard InChI is InChI=1S/C19H17F2NO2/c1-24-12-4-2-11(3-5-12)10-22-17-6-7-18(23)19(22)14-9-16(21)15(20)8-13(14)17/h2-5,8-9,17,19H,6-7,10H2,1H3. The lowest BCUT2D eigenvalue weighted by molar-refractivity contribution is -0.128. The summed E-state index contributed by atoms with van der Waals surface area (Å²) in [7, 11) is 1.61. The van der Waals surface area contributed by atoms with Gasteiger partial charge >= 0.3 is 0 Å². The molecule has 3 nitrogen and oxygen atoms in total. The van der Waals surface area contributed by atoms with Crippen LogP contribution in [0, 0.1) is 11.6 Å². The minimum atomic E-state index is -0.890. The Kier molecular flexibility index (Phi) is 3.61. The maximum absolute atomic E-state index is 13.7. The van der Waals surface area contributed by atoms with E-state index in [-0.39, 0.29) is 11.8 Å². The number of benzene rings is 2. The summed E-state index contributed by atoms with van der Waals surface area (Å²) in [6.07, 6.45) is 1.09. The number of piperidine rings is 1. The Morgan fingerprint density at radius 2 is 1.79 bits per heavy atom. The number of carbonyl (C=O) groups excluding carboxylic acids is 1. The lowest BCUT2D eigenvalue weighted by atomic mass is 9.98. The van der Waals surface area contributed by atoms with Gasteiger partial charge in [-0.1, -0.05) is 12.1 Å². The van der Waals surface area contributed by atoms with Crippen molar-refractivity contribution in [2.45, 2.75) is 31.5 Å². The quantitative estimate of drug-likeness (QED) is 0.854. The fourth-order valence-corrected chi connectivity index (χ4v) is 3.88. The summed E-state index contributed by atoms with van der Waals surface area (Å²) >= 11 is 0. The third-order valence-electron chi connectivity index (χ3n) is 5.00. The summed E-state index contributed by atoms with van der Waals surface area (Å²) in [6.45, 7) is 0.559. The molecule has 2 atom stereocenters. The van der Waals surface area contributed by atoms with Crippen molar-refractivity contribution in [3.63, 3.8) is 0 Å². The number of carbonyl (C=O) groups is 1. The molecule has 4 rings (SSSR count). The maximum atomic E-state index is 13.7. The van der Waals surface area contributed by atoms with E-state index in [4.69, 9.17) is 4.74 Å². The Bertz CT molecular complexity index is 804. The number of ether oxygens (including phenoxy) is 1. The molecule has 0 amide bonds. The predicted molar refractivity (Wildman–Crippen MR) is 84.6 cm³/mol. The number of fused-ring (bicyclic) bond motifs is 5. The number of methoxy groups -OCH3 is 1. The first-order chi connectivity index (χ1) is 11.6. The van der Waals surface area contributed by atoms with E-state index in [1.54, 1.807) is 7.11 Å². The number of rotatable bonds is 3. The molecule has 0 aliphatic carbocycles. The summed E-state index contributed by atoms with van der Waals surface area (Å²) in [4.78, 5) is 14.5. The summed E-state index contributed by atoms with van der Waals surface area (Å²) in [6, 6.07) is 9.57. The second kappa shape index (κ2) is 5.67. The zero-order chi connectivity index (χ0) is 16.8. The molecule has 5 heteroatoms. The third-order valence-corrected chi connectivity index (χ3v) is 5.00. The zero-order valence-corrected chi connectivity index (χ0v) is 13.3. The summed E-state index contributed by atoms with van der Waals surface area (Å²) in [5.41, 5.74) is 2.41. The van der Waals surface area contributed by atoms with Gasteiger partial charge in [0.25, 0.3) is 0 Å². The van der Waals surface area contributed by atoms with E-state index in [1.165, 1.54) is 12.1 Å². The highest BCUT2D eigenvalue weighted by molar-refractivity contribution is 5.88. The molecular formula is C19H17F2NO2. The molecule has 2 heterocycles. The van der Waals surface area contributed by atoms with Crippen molar-refractivity contribution < 1.29 is 18.3 Å².